The van der Waals surface area contributed by atoms with Crippen LogP contribution in [0, 0.1) is 0 Å². The van der Waals surface area contributed by atoms with Gasteiger partial charge in [0.1, 0.15) is 5.75 Å². The molecule has 0 aromatic heterocycles. The van der Waals surface area contributed by atoms with E-state index in [0.29, 0.717) is 0 Å². The highest BCUT2D eigenvalue weighted by molar-refractivity contribution is 9.11. The maximum atomic E-state index is 5.17. The van der Waals surface area contributed by atoms with Gasteiger partial charge in [-0.05, 0) is 41.5 Å². The molecule has 0 saturated heterocycles. The second-order valence-corrected chi connectivity index (χ2v) is 6.49. The van der Waals surface area contributed by atoms with Crippen molar-refractivity contribution >= 4 is 47.8 Å². The van der Waals surface area contributed by atoms with Crippen LogP contribution in [0.1, 0.15) is 16.0 Å². The first-order chi connectivity index (χ1) is 8.61. The first-order valence-corrected chi connectivity index (χ1v) is 7.85. The van der Waals surface area contributed by atoms with Gasteiger partial charge in [-0.15, -0.1) is 0 Å². The van der Waals surface area contributed by atoms with Gasteiger partial charge in [0.2, 0.25) is 0 Å². The Balaban J connectivity index is 2.34. The molecule has 0 N–H and O–H groups in total. The molecule has 0 heterocycles. The summed E-state index contributed by atoms with van der Waals surface area (Å²) in [6.07, 6.45) is 0. The molecule has 0 spiro atoms. The summed E-state index contributed by atoms with van der Waals surface area (Å²) in [7, 11) is 1.67. The minimum absolute atomic E-state index is 0.148. The molecule has 0 saturated carbocycles. The van der Waals surface area contributed by atoms with Crippen LogP contribution in [0.25, 0.3) is 0 Å². The van der Waals surface area contributed by atoms with Gasteiger partial charge in [-0.1, -0.05) is 59.9 Å². The maximum absolute atomic E-state index is 5.17. The third-order valence-electron chi connectivity index (χ3n) is 2.64. The van der Waals surface area contributed by atoms with E-state index in [4.69, 9.17) is 4.74 Å². The number of hydrogen-bond donors (Lipinski definition) is 0. The summed E-state index contributed by atoms with van der Waals surface area (Å²) >= 11 is 10.8. The van der Waals surface area contributed by atoms with E-state index in [9.17, 15) is 0 Å². The van der Waals surface area contributed by atoms with Crippen LogP contribution in [-0.2, 0) is 0 Å². The predicted molar refractivity (Wildman–Crippen MR) is 85.6 cm³/mol. The van der Waals surface area contributed by atoms with Crippen LogP contribution < -0.4 is 4.74 Å². The molecular weight excluding hydrogens is 424 g/mol. The molecule has 0 bridgehead atoms. The van der Waals surface area contributed by atoms with Gasteiger partial charge in [0, 0.05) is 8.95 Å². The summed E-state index contributed by atoms with van der Waals surface area (Å²) < 4.78 is 7.32. The van der Waals surface area contributed by atoms with Crippen LogP contribution in [0.3, 0.4) is 0 Å². The first kappa shape index (κ1) is 14.1. The number of rotatable bonds is 3. The third kappa shape index (κ3) is 3.16. The van der Waals surface area contributed by atoms with Gasteiger partial charge < -0.3 is 4.74 Å². The molecule has 0 amide bonds. The molecule has 0 aliphatic rings. The van der Waals surface area contributed by atoms with Crippen molar-refractivity contribution in [2.45, 2.75) is 4.83 Å². The average Bonchev–Trinajstić information content (AvgIpc) is 2.41. The molecular formula is C14H11Br3O. The maximum Gasteiger partial charge on any atom is 0.118 e. The van der Waals surface area contributed by atoms with Crippen LogP contribution in [-0.4, -0.2) is 7.11 Å². The molecule has 1 nitrogen and oxygen atoms in total. The highest BCUT2D eigenvalue weighted by atomic mass is 79.9. The zero-order chi connectivity index (χ0) is 13.1. The number of hydrogen-bond acceptors (Lipinski definition) is 1. The van der Waals surface area contributed by atoms with Gasteiger partial charge in [0.25, 0.3) is 0 Å². The molecule has 0 fully saturated rings. The highest BCUT2D eigenvalue weighted by Gasteiger charge is 2.14. The first-order valence-electron chi connectivity index (χ1n) is 5.35. The van der Waals surface area contributed by atoms with Crippen molar-refractivity contribution in [3.63, 3.8) is 0 Å². The molecule has 2 rings (SSSR count). The van der Waals surface area contributed by atoms with E-state index >= 15 is 0 Å². The number of ether oxygens (including phenoxy) is 1. The normalized spacial score (nSPS) is 12.2. The van der Waals surface area contributed by atoms with Crippen LogP contribution in [0.15, 0.2) is 51.4 Å². The summed E-state index contributed by atoms with van der Waals surface area (Å²) in [4.78, 5) is 0.148. The van der Waals surface area contributed by atoms with Crippen molar-refractivity contribution < 1.29 is 4.74 Å². The molecule has 0 aliphatic heterocycles. The lowest BCUT2D eigenvalue weighted by atomic mass is 10.0. The Morgan fingerprint density at radius 3 is 2.28 bits per heavy atom. The average molecular weight is 435 g/mol. The molecule has 94 valence electrons. The van der Waals surface area contributed by atoms with Crippen molar-refractivity contribution in [1.29, 1.82) is 0 Å². The lowest BCUT2D eigenvalue weighted by Gasteiger charge is -2.13. The zero-order valence-corrected chi connectivity index (χ0v) is 14.4. The Bertz CT molecular complexity index is 537. The van der Waals surface area contributed by atoms with Crippen molar-refractivity contribution in [2.75, 3.05) is 7.11 Å². The second-order valence-electron chi connectivity index (χ2n) is 3.80. The topological polar surface area (TPSA) is 9.23 Å². The highest BCUT2D eigenvalue weighted by Crippen LogP contribution is 2.37. The van der Waals surface area contributed by atoms with E-state index in [-0.39, 0.29) is 4.83 Å². The molecule has 0 aliphatic carbocycles. The van der Waals surface area contributed by atoms with Gasteiger partial charge in [0.15, 0.2) is 0 Å². The smallest absolute Gasteiger partial charge is 0.118 e. The summed E-state index contributed by atoms with van der Waals surface area (Å²) in [5.74, 6) is 0.867. The van der Waals surface area contributed by atoms with Gasteiger partial charge in [-0.2, -0.15) is 0 Å². The van der Waals surface area contributed by atoms with Crippen LogP contribution in [0.2, 0.25) is 0 Å². The molecule has 18 heavy (non-hydrogen) atoms. The lowest BCUT2D eigenvalue weighted by Crippen LogP contribution is -1.94. The van der Waals surface area contributed by atoms with E-state index in [0.717, 1.165) is 14.7 Å². The third-order valence-corrected chi connectivity index (χ3v) is 4.88. The van der Waals surface area contributed by atoms with Gasteiger partial charge in [-0.3, -0.25) is 0 Å². The standard InChI is InChI=1S/C14H11Br3O/c1-18-11-5-2-9(3-6-11)14(17)12-8-10(15)4-7-13(12)16/h2-8,14H,1H3. The van der Waals surface area contributed by atoms with Crippen LogP contribution in [0.5, 0.6) is 5.75 Å². The summed E-state index contributed by atoms with van der Waals surface area (Å²) in [5, 5.41) is 0. The van der Waals surface area contributed by atoms with Gasteiger partial charge in [0.05, 0.1) is 11.9 Å². The fourth-order valence-electron chi connectivity index (χ4n) is 1.66. The fraction of sp³-hybridized carbons (Fsp3) is 0.143. The van der Waals surface area contributed by atoms with Crippen molar-refractivity contribution in [1.82, 2.24) is 0 Å². The largest absolute Gasteiger partial charge is 0.497 e. The van der Waals surface area contributed by atoms with Gasteiger partial charge >= 0.3 is 0 Å². The molecule has 2 aromatic carbocycles. The Labute approximate surface area is 132 Å². The number of halogens is 3. The molecule has 1 atom stereocenters. The van der Waals surface area contributed by atoms with E-state index < -0.39 is 0 Å². The summed E-state index contributed by atoms with van der Waals surface area (Å²) in [6, 6.07) is 14.2. The summed E-state index contributed by atoms with van der Waals surface area (Å²) in [5.41, 5.74) is 2.38. The Morgan fingerprint density at radius 1 is 1.00 bits per heavy atom. The minimum Gasteiger partial charge on any atom is -0.497 e. The number of methoxy groups -OCH3 is 1. The Morgan fingerprint density at radius 2 is 1.67 bits per heavy atom. The fourth-order valence-corrected chi connectivity index (χ4v) is 3.51. The molecule has 2 aromatic rings. The molecule has 4 heteroatoms. The SMILES string of the molecule is COc1ccc(C(Br)c2cc(Br)ccc2Br)cc1. The van der Waals surface area contributed by atoms with E-state index in [1.165, 1.54) is 11.1 Å². The van der Waals surface area contributed by atoms with Crippen LogP contribution >= 0.6 is 47.8 Å². The Kier molecular flexibility index (Phi) is 4.87. The van der Waals surface area contributed by atoms with Crippen molar-refractivity contribution in [3.05, 3.63) is 62.5 Å². The van der Waals surface area contributed by atoms with E-state index in [1.807, 2.05) is 24.3 Å². The summed E-state index contributed by atoms with van der Waals surface area (Å²) in [6.45, 7) is 0. The number of benzene rings is 2. The van der Waals surface area contributed by atoms with Crippen molar-refractivity contribution in [2.24, 2.45) is 0 Å². The monoisotopic (exact) mass is 432 g/mol. The Hall–Kier alpha value is -0.320. The minimum atomic E-state index is 0.148. The number of alkyl halides is 1. The predicted octanol–water partition coefficient (Wildman–Crippen LogP) is 5.70. The lowest BCUT2D eigenvalue weighted by molar-refractivity contribution is 0.414. The van der Waals surface area contributed by atoms with Gasteiger partial charge in [-0.25, -0.2) is 0 Å². The molecule has 0 radical (unpaired) electrons. The van der Waals surface area contributed by atoms with Crippen molar-refractivity contribution in [3.8, 4) is 5.75 Å². The zero-order valence-electron chi connectivity index (χ0n) is 9.66. The second kappa shape index (κ2) is 6.22. The van der Waals surface area contributed by atoms with E-state index in [2.05, 4.69) is 66.0 Å². The molecule has 1 unspecified atom stereocenters. The van der Waals surface area contributed by atoms with Crippen LogP contribution in [0.4, 0.5) is 0 Å². The van der Waals surface area contributed by atoms with E-state index in [1.54, 1.807) is 7.11 Å². The quantitative estimate of drug-likeness (QED) is 0.562.